The van der Waals surface area contributed by atoms with Gasteiger partial charge in [-0.1, -0.05) is 6.92 Å². The van der Waals surface area contributed by atoms with Crippen molar-refractivity contribution in [3.05, 3.63) is 18.0 Å². The van der Waals surface area contributed by atoms with Gasteiger partial charge in [0.25, 0.3) is 0 Å². The van der Waals surface area contributed by atoms with E-state index in [9.17, 15) is 4.79 Å². The van der Waals surface area contributed by atoms with Crippen LogP contribution < -0.4 is 5.32 Å². The predicted octanol–water partition coefficient (Wildman–Crippen LogP) is 0.698. The van der Waals surface area contributed by atoms with E-state index in [2.05, 4.69) is 15.5 Å². The number of aromatic amines is 1. The molecule has 84 valence electrons. The van der Waals surface area contributed by atoms with E-state index in [0.717, 1.165) is 5.56 Å². The number of amides is 1. The number of nitrogens with one attached hydrogen (secondary N) is 2. The minimum Gasteiger partial charge on any atom is -0.384 e. The first-order valence-corrected chi connectivity index (χ1v) is 4.95. The lowest BCUT2D eigenvalue weighted by atomic mass is 10.1. The average molecular weight is 211 g/mol. The van der Waals surface area contributed by atoms with Crippen molar-refractivity contribution >= 4 is 5.91 Å². The molecule has 0 aliphatic carbocycles. The summed E-state index contributed by atoms with van der Waals surface area (Å²) in [5.41, 5.74) is 0.975. The molecule has 1 amide bonds. The molecule has 0 saturated heterocycles. The maximum absolute atomic E-state index is 11.4. The van der Waals surface area contributed by atoms with Gasteiger partial charge in [-0.2, -0.15) is 5.10 Å². The largest absolute Gasteiger partial charge is 0.384 e. The molecule has 0 bridgehead atoms. The molecule has 0 aliphatic rings. The van der Waals surface area contributed by atoms with Gasteiger partial charge in [-0.3, -0.25) is 9.89 Å². The zero-order chi connectivity index (χ0) is 11.1. The van der Waals surface area contributed by atoms with Gasteiger partial charge in [-0.25, -0.2) is 0 Å². The van der Waals surface area contributed by atoms with E-state index >= 15 is 0 Å². The lowest BCUT2D eigenvalue weighted by Crippen LogP contribution is -2.25. The number of hydrogen-bond acceptors (Lipinski definition) is 3. The summed E-state index contributed by atoms with van der Waals surface area (Å²) >= 11 is 0. The van der Waals surface area contributed by atoms with Crippen LogP contribution in [0.5, 0.6) is 0 Å². The van der Waals surface area contributed by atoms with Crippen LogP contribution in [0.25, 0.3) is 0 Å². The molecule has 1 heterocycles. The molecule has 15 heavy (non-hydrogen) atoms. The number of aromatic nitrogens is 2. The molecule has 2 N–H and O–H groups in total. The SMILES string of the molecule is COCC(C)CC(=O)NCc1cn[nH]c1. The smallest absolute Gasteiger partial charge is 0.220 e. The van der Waals surface area contributed by atoms with Gasteiger partial charge in [0.05, 0.1) is 6.20 Å². The van der Waals surface area contributed by atoms with Crippen LogP contribution in [0, 0.1) is 5.92 Å². The van der Waals surface area contributed by atoms with Crippen LogP contribution in [-0.4, -0.2) is 29.8 Å². The van der Waals surface area contributed by atoms with Crippen molar-refractivity contribution in [1.82, 2.24) is 15.5 Å². The van der Waals surface area contributed by atoms with Crippen LogP contribution in [0.2, 0.25) is 0 Å². The molecule has 1 rings (SSSR count). The fourth-order valence-electron chi connectivity index (χ4n) is 1.31. The Morgan fingerprint density at radius 1 is 1.73 bits per heavy atom. The van der Waals surface area contributed by atoms with Gasteiger partial charge < -0.3 is 10.1 Å². The Hall–Kier alpha value is -1.36. The first-order chi connectivity index (χ1) is 7.22. The van der Waals surface area contributed by atoms with Crippen LogP contribution in [-0.2, 0) is 16.1 Å². The fourth-order valence-corrected chi connectivity index (χ4v) is 1.31. The van der Waals surface area contributed by atoms with E-state index in [-0.39, 0.29) is 11.8 Å². The summed E-state index contributed by atoms with van der Waals surface area (Å²) in [6, 6.07) is 0. The van der Waals surface area contributed by atoms with Gasteiger partial charge in [0.1, 0.15) is 0 Å². The maximum Gasteiger partial charge on any atom is 0.220 e. The highest BCUT2D eigenvalue weighted by Crippen LogP contribution is 2.02. The Balaban J connectivity index is 2.19. The summed E-state index contributed by atoms with van der Waals surface area (Å²) in [4.78, 5) is 11.4. The number of H-pyrrole nitrogens is 1. The van der Waals surface area contributed by atoms with E-state index < -0.39 is 0 Å². The molecule has 1 unspecified atom stereocenters. The van der Waals surface area contributed by atoms with Crippen molar-refractivity contribution in [1.29, 1.82) is 0 Å². The van der Waals surface area contributed by atoms with Gasteiger partial charge >= 0.3 is 0 Å². The summed E-state index contributed by atoms with van der Waals surface area (Å²) in [5.74, 6) is 0.292. The highest BCUT2D eigenvalue weighted by molar-refractivity contribution is 5.76. The molecule has 0 radical (unpaired) electrons. The summed E-state index contributed by atoms with van der Waals surface area (Å²) in [7, 11) is 1.64. The monoisotopic (exact) mass is 211 g/mol. The summed E-state index contributed by atoms with van der Waals surface area (Å²) in [6.45, 7) is 3.12. The number of rotatable bonds is 6. The standard InChI is InChI=1S/C10H17N3O2/c1-8(7-15-2)3-10(14)11-4-9-5-12-13-6-9/h5-6,8H,3-4,7H2,1-2H3,(H,11,14)(H,12,13). The lowest BCUT2D eigenvalue weighted by Gasteiger charge is -2.09. The number of carbonyl (C=O) groups excluding carboxylic acids is 1. The lowest BCUT2D eigenvalue weighted by molar-refractivity contribution is -0.122. The zero-order valence-electron chi connectivity index (χ0n) is 9.12. The van der Waals surface area contributed by atoms with Gasteiger partial charge in [0.2, 0.25) is 5.91 Å². The zero-order valence-corrected chi connectivity index (χ0v) is 9.12. The van der Waals surface area contributed by atoms with Gasteiger partial charge in [0.15, 0.2) is 0 Å². The third-order valence-electron chi connectivity index (χ3n) is 2.03. The Bertz CT molecular complexity index is 285. The molecule has 0 saturated carbocycles. The van der Waals surface area contributed by atoms with Crippen LogP contribution in [0.4, 0.5) is 0 Å². The maximum atomic E-state index is 11.4. The number of carbonyl (C=O) groups is 1. The molecular formula is C10H17N3O2. The fraction of sp³-hybridized carbons (Fsp3) is 0.600. The quantitative estimate of drug-likeness (QED) is 0.727. The Labute approximate surface area is 89.2 Å². The van der Waals surface area contributed by atoms with Crippen molar-refractivity contribution < 1.29 is 9.53 Å². The van der Waals surface area contributed by atoms with Crippen molar-refractivity contribution in [3.8, 4) is 0 Å². The molecule has 0 spiro atoms. The van der Waals surface area contributed by atoms with Crippen molar-refractivity contribution in [2.45, 2.75) is 19.9 Å². The van der Waals surface area contributed by atoms with E-state index in [1.807, 2.05) is 6.92 Å². The summed E-state index contributed by atoms with van der Waals surface area (Å²) in [6.07, 6.45) is 3.95. The van der Waals surface area contributed by atoms with Crippen LogP contribution in [0.15, 0.2) is 12.4 Å². The Morgan fingerprint density at radius 2 is 2.53 bits per heavy atom. The minimum absolute atomic E-state index is 0.0424. The van der Waals surface area contributed by atoms with E-state index in [0.29, 0.717) is 19.6 Å². The normalized spacial score (nSPS) is 12.4. The van der Waals surface area contributed by atoms with Crippen molar-refractivity contribution in [2.24, 2.45) is 5.92 Å². The van der Waals surface area contributed by atoms with Gasteiger partial charge in [0, 0.05) is 38.4 Å². The summed E-state index contributed by atoms with van der Waals surface area (Å²) < 4.78 is 4.96. The van der Waals surface area contributed by atoms with E-state index in [1.54, 1.807) is 19.5 Å². The molecular weight excluding hydrogens is 194 g/mol. The van der Waals surface area contributed by atoms with Crippen LogP contribution in [0.3, 0.4) is 0 Å². The second-order valence-electron chi connectivity index (χ2n) is 3.65. The first-order valence-electron chi connectivity index (χ1n) is 4.95. The molecule has 0 aromatic carbocycles. The Kier molecular flexibility index (Phi) is 4.83. The predicted molar refractivity (Wildman–Crippen MR) is 56.1 cm³/mol. The number of hydrogen-bond donors (Lipinski definition) is 2. The molecule has 5 nitrogen and oxygen atoms in total. The van der Waals surface area contributed by atoms with Gasteiger partial charge in [-0.05, 0) is 5.92 Å². The topological polar surface area (TPSA) is 67.0 Å². The van der Waals surface area contributed by atoms with Crippen molar-refractivity contribution in [2.75, 3.05) is 13.7 Å². The number of ether oxygens (including phenoxy) is 1. The third-order valence-corrected chi connectivity index (χ3v) is 2.03. The van der Waals surface area contributed by atoms with Crippen LogP contribution >= 0.6 is 0 Å². The number of nitrogens with zero attached hydrogens (tertiary/aromatic N) is 1. The van der Waals surface area contributed by atoms with Gasteiger partial charge in [-0.15, -0.1) is 0 Å². The molecule has 1 aromatic heterocycles. The third kappa shape index (κ3) is 4.60. The average Bonchev–Trinajstić information content (AvgIpc) is 2.67. The molecule has 0 fully saturated rings. The number of methoxy groups -OCH3 is 1. The second-order valence-corrected chi connectivity index (χ2v) is 3.65. The molecule has 1 atom stereocenters. The van der Waals surface area contributed by atoms with E-state index in [4.69, 9.17) is 4.74 Å². The van der Waals surface area contributed by atoms with Crippen molar-refractivity contribution in [3.63, 3.8) is 0 Å². The Morgan fingerprint density at radius 3 is 3.13 bits per heavy atom. The summed E-state index contributed by atoms with van der Waals surface area (Å²) in [5, 5.41) is 9.31. The van der Waals surface area contributed by atoms with Crippen LogP contribution in [0.1, 0.15) is 18.9 Å². The molecule has 0 aliphatic heterocycles. The minimum atomic E-state index is 0.0424. The highest BCUT2D eigenvalue weighted by Gasteiger charge is 2.08. The first kappa shape index (κ1) is 11.7. The van der Waals surface area contributed by atoms with E-state index in [1.165, 1.54) is 0 Å². The molecule has 5 heteroatoms. The highest BCUT2D eigenvalue weighted by atomic mass is 16.5. The second kappa shape index (κ2) is 6.19. The molecule has 1 aromatic rings.